The van der Waals surface area contributed by atoms with Crippen molar-refractivity contribution in [3.8, 4) is 0 Å². The number of amides is 4. The van der Waals surface area contributed by atoms with E-state index in [4.69, 9.17) is 4.84 Å². The average molecular weight is 296 g/mol. The van der Waals surface area contributed by atoms with Crippen LogP contribution in [0.3, 0.4) is 0 Å². The third kappa shape index (κ3) is 4.89. The summed E-state index contributed by atoms with van der Waals surface area (Å²) in [5.74, 6) is -1.46. The molecule has 2 atom stereocenters. The molecule has 1 aliphatic heterocycles. The lowest BCUT2D eigenvalue weighted by Crippen LogP contribution is -2.75. The van der Waals surface area contributed by atoms with Crippen molar-refractivity contribution in [2.45, 2.75) is 19.0 Å². The van der Waals surface area contributed by atoms with Gasteiger partial charge in [-0.05, 0) is 13.0 Å². The van der Waals surface area contributed by atoms with Gasteiger partial charge in [-0.1, -0.05) is 12.2 Å². The molecule has 9 nitrogen and oxygen atoms in total. The molecule has 9 heteroatoms. The van der Waals surface area contributed by atoms with E-state index >= 15 is 0 Å². The van der Waals surface area contributed by atoms with E-state index in [-0.39, 0.29) is 6.04 Å². The van der Waals surface area contributed by atoms with Crippen molar-refractivity contribution in [3.05, 3.63) is 24.4 Å². The zero-order valence-corrected chi connectivity index (χ0v) is 12.0. The average Bonchev–Trinajstić information content (AvgIpc) is 2.44. The van der Waals surface area contributed by atoms with Gasteiger partial charge in [0.05, 0.1) is 13.2 Å². The van der Waals surface area contributed by atoms with Crippen LogP contribution in [0.5, 0.6) is 0 Å². The number of carbonyl (C=O) groups excluding carboxylic acids is 3. The molecule has 0 bridgehead atoms. The minimum absolute atomic E-state index is 0.319. The summed E-state index contributed by atoms with van der Waals surface area (Å²) in [5.41, 5.74) is 1.51. The van der Waals surface area contributed by atoms with Gasteiger partial charge in [-0.15, -0.1) is 0 Å². The lowest BCUT2D eigenvalue weighted by Gasteiger charge is -2.24. The van der Waals surface area contributed by atoms with Crippen LogP contribution in [0.2, 0.25) is 0 Å². The third-order valence-electron chi connectivity index (χ3n) is 2.54. The Balaban J connectivity index is 2.60. The highest BCUT2D eigenvalue weighted by Crippen LogP contribution is 2.07. The predicted octanol–water partition coefficient (Wildman–Crippen LogP) is -0.901. The van der Waals surface area contributed by atoms with Crippen molar-refractivity contribution in [2.75, 3.05) is 14.2 Å². The van der Waals surface area contributed by atoms with Crippen LogP contribution in [0.25, 0.3) is 0 Å². The number of nitrogens with one attached hydrogen (secondary N) is 1. The van der Waals surface area contributed by atoms with Gasteiger partial charge < -0.3 is 0 Å². The number of nitrogens with two attached hydrogens (primary N) is 1. The van der Waals surface area contributed by atoms with E-state index in [1.54, 1.807) is 38.5 Å². The standard InChI is InChI=1S/C12H17N5O4/c1-8(6-4-5-7-13-21-3)15-16-9-10(18)14-12(20)17(2)11(9)19/h4-9,13H,1-3H3,(H,14,18,20)/p+1. The number of urea groups is 1. The van der Waals surface area contributed by atoms with E-state index in [9.17, 15) is 14.4 Å². The van der Waals surface area contributed by atoms with Gasteiger partial charge >= 0.3 is 6.03 Å². The second-order valence-electron chi connectivity index (χ2n) is 4.21. The number of rotatable bonds is 6. The van der Waals surface area contributed by atoms with Crippen LogP contribution in [-0.4, -0.2) is 49.0 Å². The van der Waals surface area contributed by atoms with Crippen LogP contribution in [0.1, 0.15) is 6.92 Å². The number of likely N-dealkylation sites (N-methyl/N-ethyl adjacent to an activating group) is 1. The van der Waals surface area contributed by atoms with Gasteiger partial charge in [0.1, 0.15) is 6.20 Å². The number of allylic oxidation sites excluding steroid dienone is 2. The quantitative estimate of drug-likeness (QED) is 0.286. The highest BCUT2D eigenvalue weighted by atomic mass is 16.6. The van der Waals surface area contributed by atoms with E-state index < -0.39 is 23.9 Å². The van der Waals surface area contributed by atoms with Crippen molar-refractivity contribution < 1.29 is 24.7 Å². The van der Waals surface area contributed by atoms with Gasteiger partial charge in [-0.2, -0.15) is 15.7 Å². The number of hydrogen-bond donors (Lipinski definition) is 2. The number of hydrogen-bond acceptors (Lipinski definition) is 6. The molecule has 1 rings (SSSR count). The Morgan fingerprint density at radius 2 is 2.10 bits per heavy atom. The number of quaternary nitrogens is 1. The summed E-state index contributed by atoms with van der Waals surface area (Å²) in [6.07, 6.45) is 6.89. The molecule has 2 unspecified atom stereocenters. The summed E-state index contributed by atoms with van der Waals surface area (Å²) in [4.78, 5) is 40.0. The normalized spacial score (nSPS) is 21.8. The van der Waals surface area contributed by atoms with E-state index in [1.165, 1.54) is 12.5 Å². The van der Waals surface area contributed by atoms with Gasteiger partial charge in [-0.25, -0.2) is 9.63 Å². The Morgan fingerprint density at radius 3 is 2.76 bits per heavy atom. The van der Waals surface area contributed by atoms with Crippen LogP contribution >= 0.6 is 0 Å². The Morgan fingerprint density at radius 1 is 1.38 bits per heavy atom. The first-order chi connectivity index (χ1) is 9.97. The number of barbiturate groups is 1. The SMILES string of the molecule is CO[NH2+]C=CC=CC(C)N=NC1C(=O)NC(=O)N(C)C1=O. The molecule has 4 amide bonds. The molecule has 0 aromatic rings. The highest BCUT2D eigenvalue weighted by molar-refractivity contribution is 6.18. The molecule has 114 valence electrons. The Kier molecular flexibility index (Phi) is 6.37. The van der Waals surface area contributed by atoms with E-state index in [0.29, 0.717) is 0 Å². The smallest absolute Gasteiger partial charge is 0.275 e. The topological polar surface area (TPSA) is 117 Å². The van der Waals surface area contributed by atoms with Crippen molar-refractivity contribution >= 4 is 17.8 Å². The first-order valence-corrected chi connectivity index (χ1v) is 6.19. The first-order valence-electron chi connectivity index (χ1n) is 6.19. The lowest BCUT2D eigenvalue weighted by atomic mass is 10.2. The minimum Gasteiger partial charge on any atom is -0.275 e. The Hall–Kier alpha value is -2.39. The summed E-state index contributed by atoms with van der Waals surface area (Å²) >= 11 is 0. The number of azo groups is 1. The molecule has 0 spiro atoms. The summed E-state index contributed by atoms with van der Waals surface area (Å²) in [5, 5.41) is 9.60. The van der Waals surface area contributed by atoms with Crippen LogP contribution in [0, 0.1) is 0 Å². The minimum atomic E-state index is -1.32. The maximum Gasteiger partial charge on any atom is 0.330 e. The summed E-state index contributed by atoms with van der Waals surface area (Å²) in [7, 11) is 2.81. The Bertz CT molecular complexity index is 500. The first kappa shape index (κ1) is 16.7. The van der Waals surface area contributed by atoms with Crippen LogP contribution in [0.15, 0.2) is 34.7 Å². The summed E-state index contributed by atoms with van der Waals surface area (Å²) in [6.45, 7) is 1.74. The zero-order valence-electron chi connectivity index (χ0n) is 12.0. The summed E-state index contributed by atoms with van der Waals surface area (Å²) in [6, 6.07) is -2.40. The fourth-order valence-electron chi connectivity index (χ4n) is 1.38. The molecular formula is C12H18N5O4+. The number of carbonyl (C=O) groups is 3. The number of hydroxylamine groups is 1. The van der Waals surface area contributed by atoms with Gasteiger partial charge in [0.15, 0.2) is 0 Å². The zero-order chi connectivity index (χ0) is 15.8. The maximum absolute atomic E-state index is 11.7. The molecule has 1 fully saturated rings. The molecule has 0 aromatic carbocycles. The van der Waals surface area contributed by atoms with Gasteiger partial charge in [-0.3, -0.25) is 19.8 Å². The molecular weight excluding hydrogens is 278 g/mol. The third-order valence-corrected chi connectivity index (χ3v) is 2.54. The number of nitrogens with zero attached hydrogens (tertiary/aromatic N) is 3. The molecule has 1 aliphatic rings. The van der Waals surface area contributed by atoms with Crippen LogP contribution < -0.4 is 10.8 Å². The van der Waals surface area contributed by atoms with Crippen molar-refractivity contribution in [1.82, 2.24) is 10.2 Å². The van der Waals surface area contributed by atoms with Crippen LogP contribution in [0.4, 0.5) is 4.79 Å². The summed E-state index contributed by atoms with van der Waals surface area (Å²) < 4.78 is 0. The predicted molar refractivity (Wildman–Crippen MR) is 71.6 cm³/mol. The van der Waals surface area contributed by atoms with Crippen molar-refractivity contribution in [3.63, 3.8) is 0 Å². The maximum atomic E-state index is 11.7. The molecule has 1 heterocycles. The molecule has 0 radical (unpaired) electrons. The Labute approximate surface area is 121 Å². The van der Waals surface area contributed by atoms with Gasteiger partial charge in [0.25, 0.3) is 11.8 Å². The van der Waals surface area contributed by atoms with Gasteiger partial charge in [0, 0.05) is 7.05 Å². The second kappa shape index (κ2) is 8.02. The molecule has 0 aliphatic carbocycles. The van der Waals surface area contributed by atoms with Crippen molar-refractivity contribution in [2.24, 2.45) is 10.2 Å². The molecule has 1 saturated heterocycles. The lowest BCUT2D eigenvalue weighted by molar-refractivity contribution is -0.842. The van der Waals surface area contributed by atoms with Gasteiger partial charge in [0.2, 0.25) is 6.04 Å². The molecule has 0 saturated carbocycles. The van der Waals surface area contributed by atoms with Crippen molar-refractivity contribution in [1.29, 1.82) is 0 Å². The number of imide groups is 2. The largest absolute Gasteiger partial charge is 0.330 e. The molecule has 0 aromatic heterocycles. The van der Waals surface area contributed by atoms with E-state index in [0.717, 1.165) is 4.90 Å². The highest BCUT2D eigenvalue weighted by Gasteiger charge is 2.38. The fourth-order valence-corrected chi connectivity index (χ4v) is 1.38. The fraction of sp³-hybridized carbons (Fsp3) is 0.417. The second-order valence-corrected chi connectivity index (χ2v) is 4.21. The molecule has 21 heavy (non-hydrogen) atoms. The van der Waals surface area contributed by atoms with Crippen LogP contribution in [-0.2, 0) is 14.4 Å². The monoisotopic (exact) mass is 296 g/mol. The van der Waals surface area contributed by atoms with E-state index in [2.05, 4.69) is 10.2 Å². The van der Waals surface area contributed by atoms with E-state index in [1.807, 2.05) is 5.32 Å². The molecule has 3 N–H and O–H groups in total.